The van der Waals surface area contributed by atoms with Crippen LogP contribution in [0.15, 0.2) is 44.5 Å². The minimum atomic E-state index is -0.400. The summed E-state index contributed by atoms with van der Waals surface area (Å²) in [6.45, 7) is 0. The summed E-state index contributed by atoms with van der Waals surface area (Å²) in [6, 6.07) is 6.74. The summed E-state index contributed by atoms with van der Waals surface area (Å²) in [5, 5.41) is 3.73. The Morgan fingerprint density at radius 1 is 1.44 bits per heavy atom. The van der Waals surface area contributed by atoms with Gasteiger partial charge < -0.3 is 8.83 Å². The maximum absolute atomic E-state index is 11.4. The van der Waals surface area contributed by atoms with Crippen molar-refractivity contribution in [2.24, 2.45) is 5.10 Å². The van der Waals surface area contributed by atoms with Crippen LogP contribution in [-0.2, 0) is 0 Å². The maximum Gasteiger partial charge on any atom is 0.307 e. The Kier molecular flexibility index (Phi) is 3.40. The first-order chi connectivity index (χ1) is 7.75. The Bertz CT molecular complexity index is 502. The summed E-state index contributed by atoms with van der Waals surface area (Å²) in [5.74, 6) is 0.387. The van der Waals surface area contributed by atoms with Crippen molar-refractivity contribution in [1.82, 2.24) is 5.43 Å². The van der Waals surface area contributed by atoms with E-state index in [1.54, 1.807) is 24.3 Å². The van der Waals surface area contributed by atoms with Crippen molar-refractivity contribution < 1.29 is 13.6 Å². The average Bonchev–Trinajstić information content (AvgIpc) is 2.89. The molecule has 0 aromatic carbocycles. The van der Waals surface area contributed by atoms with Crippen LogP contribution in [0.2, 0.25) is 0 Å². The molecule has 0 atom stereocenters. The highest BCUT2D eigenvalue weighted by molar-refractivity contribution is 14.1. The van der Waals surface area contributed by atoms with Gasteiger partial charge in [0, 0.05) is 0 Å². The van der Waals surface area contributed by atoms with E-state index >= 15 is 0 Å². The number of furan rings is 2. The fraction of sp³-hybridized carbons (Fsp3) is 0. The molecular weight excluding hydrogens is 323 g/mol. The number of hydrogen-bond acceptors (Lipinski definition) is 4. The zero-order chi connectivity index (χ0) is 11.4. The summed E-state index contributed by atoms with van der Waals surface area (Å²) in [5.41, 5.74) is 2.32. The smallest absolute Gasteiger partial charge is 0.307 e. The molecule has 0 saturated heterocycles. The van der Waals surface area contributed by atoms with Crippen molar-refractivity contribution in [2.45, 2.75) is 0 Å². The number of carbonyl (C=O) groups is 1. The maximum atomic E-state index is 11.4. The van der Waals surface area contributed by atoms with Crippen LogP contribution < -0.4 is 5.43 Å². The first-order valence-electron chi connectivity index (χ1n) is 4.38. The van der Waals surface area contributed by atoms with Gasteiger partial charge in [-0.15, -0.1) is 0 Å². The molecule has 0 bridgehead atoms. The molecule has 0 aliphatic heterocycles. The summed E-state index contributed by atoms with van der Waals surface area (Å²) in [6.07, 6.45) is 2.84. The fourth-order valence-corrected chi connectivity index (χ4v) is 1.45. The van der Waals surface area contributed by atoms with Crippen LogP contribution in [0.1, 0.15) is 16.3 Å². The summed E-state index contributed by atoms with van der Waals surface area (Å²) >= 11 is 2.04. The van der Waals surface area contributed by atoms with Gasteiger partial charge in [0.2, 0.25) is 0 Å². The van der Waals surface area contributed by atoms with Crippen molar-refractivity contribution >= 4 is 34.7 Å². The van der Waals surface area contributed by atoms with Crippen LogP contribution in [0.25, 0.3) is 0 Å². The molecule has 2 rings (SSSR count). The summed E-state index contributed by atoms with van der Waals surface area (Å²) in [4.78, 5) is 11.4. The molecule has 0 radical (unpaired) electrons. The number of nitrogens with zero attached hydrogens (tertiary/aromatic N) is 1. The average molecular weight is 330 g/mol. The largest absolute Gasteiger partial charge is 0.459 e. The Balaban J connectivity index is 1.93. The molecule has 0 aliphatic carbocycles. The SMILES string of the molecule is O=C(N/N=C/c1ccc(I)o1)c1ccco1. The molecule has 0 aliphatic rings. The van der Waals surface area contributed by atoms with Crippen molar-refractivity contribution in [3.8, 4) is 0 Å². The van der Waals surface area contributed by atoms with Crippen LogP contribution in [0.3, 0.4) is 0 Å². The van der Waals surface area contributed by atoms with Crippen LogP contribution in [0, 0.1) is 3.77 Å². The lowest BCUT2D eigenvalue weighted by atomic mass is 10.4. The molecule has 6 heteroatoms. The number of hydrazone groups is 1. The van der Waals surface area contributed by atoms with Gasteiger partial charge in [-0.25, -0.2) is 5.43 Å². The minimum absolute atomic E-state index is 0.214. The monoisotopic (exact) mass is 330 g/mol. The lowest BCUT2D eigenvalue weighted by molar-refractivity contribution is 0.0927. The van der Waals surface area contributed by atoms with Crippen molar-refractivity contribution in [3.05, 3.63) is 45.8 Å². The van der Waals surface area contributed by atoms with Gasteiger partial charge in [-0.2, -0.15) is 5.10 Å². The Labute approximate surface area is 105 Å². The van der Waals surface area contributed by atoms with Gasteiger partial charge in [-0.1, -0.05) is 0 Å². The van der Waals surface area contributed by atoms with Crippen LogP contribution in [0.5, 0.6) is 0 Å². The van der Waals surface area contributed by atoms with Gasteiger partial charge >= 0.3 is 5.91 Å². The van der Waals surface area contributed by atoms with E-state index in [4.69, 9.17) is 8.83 Å². The third kappa shape index (κ3) is 2.72. The molecule has 0 saturated carbocycles. The molecule has 2 aromatic rings. The van der Waals surface area contributed by atoms with Gasteiger partial charge in [-0.3, -0.25) is 4.79 Å². The Hall–Kier alpha value is -1.57. The molecule has 2 aromatic heterocycles. The minimum Gasteiger partial charge on any atom is -0.459 e. The van der Waals surface area contributed by atoms with E-state index in [2.05, 4.69) is 10.5 Å². The highest BCUT2D eigenvalue weighted by atomic mass is 127. The predicted octanol–water partition coefficient (Wildman–Crippen LogP) is 2.24. The molecule has 0 unspecified atom stereocenters. The number of amides is 1. The molecule has 1 N–H and O–H groups in total. The molecule has 0 spiro atoms. The Morgan fingerprint density at radius 3 is 2.94 bits per heavy atom. The number of rotatable bonds is 3. The standard InChI is InChI=1S/C10H7IN2O3/c11-9-4-3-7(16-9)6-12-13-10(14)8-2-1-5-15-8/h1-6H,(H,13,14)/b12-6+. The second-order valence-corrected chi connectivity index (χ2v) is 3.88. The lowest BCUT2D eigenvalue weighted by Crippen LogP contribution is -2.16. The van der Waals surface area contributed by atoms with Crippen LogP contribution >= 0.6 is 22.6 Å². The van der Waals surface area contributed by atoms with E-state index < -0.39 is 5.91 Å². The fourth-order valence-electron chi connectivity index (χ4n) is 1.02. The summed E-state index contributed by atoms with van der Waals surface area (Å²) < 4.78 is 10.9. The molecule has 0 fully saturated rings. The molecule has 82 valence electrons. The van der Waals surface area contributed by atoms with E-state index in [1.807, 2.05) is 22.6 Å². The quantitative estimate of drug-likeness (QED) is 0.533. The van der Waals surface area contributed by atoms with Crippen LogP contribution in [0.4, 0.5) is 0 Å². The zero-order valence-corrected chi connectivity index (χ0v) is 10.2. The van der Waals surface area contributed by atoms with Crippen molar-refractivity contribution in [3.63, 3.8) is 0 Å². The predicted molar refractivity (Wildman–Crippen MR) is 65.2 cm³/mol. The molecule has 16 heavy (non-hydrogen) atoms. The second kappa shape index (κ2) is 4.97. The van der Waals surface area contributed by atoms with E-state index in [9.17, 15) is 4.79 Å². The third-order valence-electron chi connectivity index (χ3n) is 1.70. The number of hydrogen-bond donors (Lipinski definition) is 1. The lowest BCUT2D eigenvalue weighted by Gasteiger charge is -1.93. The van der Waals surface area contributed by atoms with E-state index in [0.717, 1.165) is 3.77 Å². The van der Waals surface area contributed by atoms with Crippen molar-refractivity contribution in [2.75, 3.05) is 0 Å². The van der Waals surface area contributed by atoms with Gasteiger partial charge in [0.25, 0.3) is 0 Å². The zero-order valence-electron chi connectivity index (χ0n) is 8.01. The van der Waals surface area contributed by atoms with Gasteiger partial charge in [0.15, 0.2) is 9.53 Å². The number of halogens is 1. The third-order valence-corrected chi connectivity index (χ3v) is 2.28. The Morgan fingerprint density at radius 2 is 2.31 bits per heavy atom. The molecular formula is C10H7IN2O3. The highest BCUT2D eigenvalue weighted by Gasteiger charge is 2.05. The first kappa shape index (κ1) is 10.9. The summed E-state index contributed by atoms with van der Waals surface area (Å²) in [7, 11) is 0. The van der Waals surface area contributed by atoms with E-state index in [1.165, 1.54) is 12.5 Å². The van der Waals surface area contributed by atoms with Crippen molar-refractivity contribution in [1.29, 1.82) is 0 Å². The second-order valence-electron chi connectivity index (χ2n) is 2.82. The normalized spacial score (nSPS) is 10.8. The molecule has 5 nitrogen and oxygen atoms in total. The topological polar surface area (TPSA) is 67.7 Å². The van der Waals surface area contributed by atoms with Crippen LogP contribution in [-0.4, -0.2) is 12.1 Å². The molecule has 1 amide bonds. The number of carbonyl (C=O) groups excluding carboxylic acids is 1. The van der Waals surface area contributed by atoms with Gasteiger partial charge in [0.05, 0.1) is 12.5 Å². The highest BCUT2D eigenvalue weighted by Crippen LogP contribution is 2.07. The van der Waals surface area contributed by atoms with Gasteiger partial charge in [-0.05, 0) is 46.9 Å². The van der Waals surface area contributed by atoms with Gasteiger partial charge in [0.1, 0.15) is 5.76 Å². The molecule has 2 heterocycles. The first-order valence-corrected chi connectivity index (χ1v) is 5.46. The van der Waals surface area contributed by atoms with E-state index in [0.29, 0.717) is 5.76 Å². The van der Waals surface area contributed by atoms with E-state index in [-0.39, 0.29) is 5.76 Å². The number of nitrogens with one attached hydrogen (secondary N) is 1.